The summed E-state index contributed by atoms with van der Waals surface area (Å²) in [5, 5.41) is 11.9. The number of rotatable bonds is 2. The first-order chi connectivity index (χ1) is 12.5. The van der Waals surface area contributed by atoms with Gasteiger partial charge in [0.2, 0.25) is 0 Å². The van der Waals surface area contributed by atoms with E-state index in [-0.39, 0.29) is 29.0 Å². The van der Waals surface area contributed by atoms with Crippen LogP contribution in [0.4, 0.5) is 10.5 Å². The Morgan fingerprint density at radius 3 is 2.69 bits per heavy atom. The van der Waals surface area contributed by atoms with E-state index in [2.05, 4.69) is 5.32 Å². The number of fused-ring (bicyclic) bond motifs is 4. The van der Waals surface area contributed by atoms with Gasteiger partial charge in [-0.1, -0.05) is 12.1 Å². The van der Waals surface area contributed by atoms with Crippen LogP contribution in [0.15, 0.2) is 47.3 Å². The van der Waals surface area contributed by atoms with Crippen LogP contribution in [0.2, 0.25) is 0 Å². The molecule has 2 aliphatic heterocycles. The highest BCUT2D eigenvalue weighted by atomic mass is 16.4. The van der Waals surface area contributed by atoms with E-state index in [4.69, 9.17) is 5.11 Å². The van der Waals surface area contributed by atoms with Crippen molar-refractivity contribution in [1.29, 1.82) is 0 Å². The zero-order valence-electron chi connectivity index (χ0n) is 14.1. The number of hydrogen-bond acceptors (Lipinski definition) is 3. The highest BCUT2D eigenvalue weighted by molar-refractivity contribution is 5.93. The molecule has 3 heterocycles. The quantitative estimate of drug-likeness (QED) is 0.866. The standard InChI is InChI=1S/C19H19N3O4/c23-17-6-2-5-16-14-7-12(10-22(16)17)9-21(11-14)19(26)20-15-4-1-3-13(8-15)18(24)25/h1-6,8,12,14H,7,9-11H2,(H,20,26)(H,24,25)/t12-,14+/m0/s1. The van der Waals surface area contributed by atoms with Gasteiger partial charge in [-0.2, -0.15) is 0 Å². The number of benzene rings is 1. The molecular formula is C19H19N3O4. The third kappa shape index (κ3) is 2.96. The fraction of sp³-hybridized carbons (Fsp3) is 0.316. The minimum absolute atomic E-state index is 0.0144. The lowest BCUT2D eigenvalue weighted by atomic mass is 9.83. The second-order valence-electron chi connectivity index (χ2n) is 6.92. The van der Waals surface area contributed by atoms with E-state index in [1.165, 1.54) is 12.1 Å². The zero-order valence-corrected chi connectivity index (χ0v) is 14.1. The van der Waals surface area contributed by atoms with Crippen molar-refractivity contribution < 1.29 is 14.7 Å². The van der Waals surface area contributed by atoms with Gasteiger partial charge in [0.05, 0.1) is 5.56 Å². The number of piperidine rings is 1. The molecule has 4 rings (SSSR count). The van der Waals surface area contributed by atoms with Crippen molar-refractivity contribution in [1.82, 2.24) is 9.47 Å². The van der Waals surface area contributed by atoms with Gasteiger partial charge in [-0.15, -0.1) is 0 Å². The van der Waals surface area contributed by atoms with Gasteiger partial charge in [0.1, 0.15) is 0 Å². The van der Waals surface area contributed by atoms with E-state index >= 15 is 0 Å². The van der Waals surface area contributed by atoms with Gasteiger partial charge in [-0.3, -0.25) is 4.79 Å². The number of carbonyl (C=O) groups is 2. The molecule has 0 spiro atoms. The fourth-order valence-electron chi connectivity index (χ4n) is 3.99. The Bertz CT molecular complexity index is 936. The van der Waals surface area contributed by atoms with Crippen LogP contribution < -0.4 is 10.9 Å². The summed E-state index contributed by atoms with van der Waals surface area (Å²) < 4.78 is 1.82. The number of carboxylic acids is 1. The van der Waals surface area contributed by atoms with Gasteiger partial charge in [0.25, 0.3) is 5.56 Å². The molecule has 1 saturated heterocycles. The van der Waals surface area contributed by atoms with E-state index in [1.54, 1.807) is 29.2 Å². The minimum atomic E-state index is -1.03. The molecule has 0 aliphatic carbocycles. The summed E-state index contributed by atoms with van der Waals surface area (Å²) >= 11 is 0. The first-order valence-electron chi connectivity index (χ1n) is 8.60. The van der Waals surface area contributed by atoms with E-state index < -0.39 is 5.97 Å². The van der Waals surface area contributed by atoms with Gasteiger partial charge in [0.15, 0.2) is 0 Å². The van der Waals surface area contributed by atoms with Gasteiger partial charge in [-0.05, 0) is 36.6 Å². The topological polar surface area (TPSA) is 91.6 Å². The molecule has 1 aromatic heterocycles. The number of hydrogen-bond donors (Lipinski definition) is 2. The summed E-state index contributed by atoms with van der Waals surface area (Å²) in [6.07, 6.45) is 0.974. The number of urea groups is 1. The highest BCUT2D eigenvalue weighted by Gasteiger charge is 2.36. The monoisotopic (exact) mass is 353 g/mol. The number of aromatic carboxylic acids is 1. The lowest BCUT2D eigenvalue weighted by Crippen LogP contribution is -2.50. The fourth-order valence-corrected chi connectivity index (χ4v) is 3.99. The predicted octanol–water partition coefficient (Wildman–Crippen LogP) is 2.20. The Balaban J connectivity index is 1.52. The molecule has 7 heteroatoms. The molecule has 2 bridgehead atoms. The third-order valence-corrected chi connectivity index (χ3v) is 5.13. The molecule has 1 aromatic carbocycles. The Hall–Kier alpha value is -3.09. The number of aromatic nitrogens is 1. The molecule has 2 aromatic rings. The Morgan fingerprint density at radius 1 is 1.08 bits per heavy atom. The second-order valence-corrected chi connectivity index (χ2v) is 6.92. The predicted molar refractivity (Wildman–Crippen MR) is 95.5 cm³/mol. The van der Waals surface area contributed by atoms with E-state index in [0.717, 1.165) is 12.1 Å². The van der Waals surface area contributed by atoms with E-state index in [1.807, 2.05) is 10.6 Å². The second kappa shape index (κ2) is 6.33. The Morgan fingerprint density at radius 2 is 1.88 bits per heavy atom. The van der Waals surface area contributed by atoms with E-state index in [9.17, 15) is 14.4 Å². The molecule has 7 nitrogen and oxygen atoms in total. The number of anilines is 1. The maximum atomic E-state index is 12.7. The average molecular weight is 353 g/mol. The summed E-state index contributed by atoms with van der Waals surface area (Å²) in [7, 11) is 0. The molecule has 0 radical (unpaired) electrons. The molecule has 2 aliphatic rings. The molecule has 2 N–H and O–H groups in total. The van der Waals surface area contributed by atoms with Crippen LogP contribution >= 0.6 is 0 Å². The summed E-state index contributed by atoms with van der Waals surface area (Å²) in [6.45, 7) is 1.76. The zero-order chi connectivity index (χ0) is 18.3. The molecule has 2 amide bonds. The van der Waals surface area contributed by atoms with Crippen molar-refractivity contribution >= 4 is 17.7 Å². The normalized spacial score (nSPS) is 21.0. The first kappa shape index (κ1) is 16.4. The van der Waals surface area contributed by atoms with Gasteiger partial charge in [-0.25, -0.2) is 9.59 Å². The van der Waals surface area contributed by atoms with Crippen LogP contribution in [-0.4, -0.2) is 39.7 Å². The lowest BCUT2D eigenvalue weighted by molar-refractivity contribution is 0.0697. The van der Waals surface area contributed by atoms with Crippen LogP contribution in [-0.2, 0) is 6.54 Å². The Kier molecular flexibility index (Phi) is 3.99. The highest BCUT2D eigenvalue weighted by Crippen LogP contribution is 2.35. The maximum Gasteiger partial charge on any atom is 0.335 e. The number of carbonyl (C=O) groups excluding carboxylic acids is 1. The van der Waals surface area contributed by atoms with Crippen molar-refractivity contribution in [2.45, 2.75) is 18.9 Å². The molecule has 26 heavy (non-hydrogen) atoms. The maximum absolute atomic E-state index is 12.7. The van der Waals surface area contributed by atoms with Crippen LogP contribution in [0, 0.1) is 5.92 Å². The van der Waals surface area contributed by atoms with Gasteiger partial charge < -0.3 is 19.9 Å². The molecule has 0 saturated carbocycles. The minimum Gasteiger partial charge on any atom is -0.478 e. The summed E-state index contributed by atoms with van der Waals surface area (Å²) in [5.74, 6) is -0.638. The van der Waals surface area contributed by atoms with Gasteiger partial charge in [0, 0.05) is 43.0 Å². The van der Waals surface area contributed by atoms with Crippen molar-refractivity contribution in [2.75, 3.05) is 18.4 Å². The molecule has 134 valence electrons. The summed E-state index contributed by atoms with van der Waals surface area (Å²) in [5.41, 5.74) is 1.59. The van der Waals surface area contributed by atoms with Crippen LogP contribution in [0.1, 0.15) is 28.4 Å². The Labute approximate surface area is 149 Å². The lowest BCUT2D eigenvalue weighted by Gasteiger charge is -2.42. The summed E-state index contributed by atoms with van der Waals surface area (Å²) in [4.78, 5) is 37.5. The van der Waals surface area contributed by atoms with Crippen molar-refractivity contribution in [3.05, 3.63) is 64.1 Å². The van der Waals surface area contributed by atoms with Gasteiger partial charge >= 0.3 is 12.0 Å². The number of nitrogens with one attached hydrogen (secondary N) is 1. The number of nitrogens with zero attached hydrogens (tertiary/aromatic N) is 2. The number of amides is 2. The van der Waals surface area contributed by atoms with Crippen LogP contribution in [0.3, 0.4) is 0 Å². The van der Waals surface area contributed by atoms with E-state index in [0.29, 0.717) is 25.3 Å². The van der Waals surface area contributed by atoms with Crippen molar-refractivity contribution in [3.63, 3.8) is 0 Å². The molecular weight excluding hydrogens is 334 g/mol. The number of likely N-dealkylation sites (tertiary alicyclic amines) is 1. The van der Waals surface area contributed by atoms with Crippen LogP contribution in [0.25, 0.3) is 0 Å². The third-order valence-electron chi connectivity index (χ3n) is 5.13. The number of carboxylic acid groups (broad SMARTS) is 1. The van der Waals surface area contributed by atoms with Crippen LogP contribution in [0.5, 0.6) is 0 Å². The summed E-state index contributed by atoms with van der Waals surface area (Å²) in [6, 6.07) is 11.3. The molecule has 1 fully saturated rings. The number of pyridine rings is 1. The van der Waals surface area contributed by atoms with Crippen molar-refractivity contribution in [2.24, 2.45) is 5.92 Å². The molecule has 2 atom stereocenters. The average Bonchev–Trinajstić information content (AvgIpc) is 2.62. The molecule has 0 unspecified atom stereocenters. The SMILES string of the molecule is O=C(O)c1cccc(NC(=O)N2C[C@@H]3C[C@H](C2)c2cccc(=O)n2C3)c1. The largest absolute Gasteiger partial charge is 0.478 e. The first-order valence-corrected chi connectivity index (χ1v) is 8.60. The smallest absolute Gasteiger partial charge is 0.335 e. The van der Waals surface area contributed by atoms with Crippen molar-refractivity contribution in [3.8, 4) is 0 Å².